The maximum Gasteiger partial charge on any atom is 0.0241 e. The third-order valence-electron chi connectivity index (χ3n) is 2.43. The van der Waals surface area contributed by atoms with E-state index in [4.69, 9.17) is 0 Å². The fourth-order valence-corrected chi connectivity index (χ4v) is 2.42. The van der Waals surface area contributed by atoms with Gasteiger partial charge in [-0.1, -0.05) is 6.42 Å². The molecule has 0 aliphatic carbocycles. The quantitative estimate of drug-likeness (QED) is 0.678. The van der Waals surface area contributed by atoms with Gasteiger partial charge in [0.05, 0.1) is 0 Å². The van der Waals surface area contributed by atoms with Crippen LogP contribution in [0.3, 0.4) is 0 Å². The van der Waals surface area contributed by atoms with Crippen molar-refractivity contribution in [1.29, 1.82) is 0 Å². The summed E-state index contributed by atoms with van der Waals surface area (Å²) in [5.41, 5.74) is 1.49. The Labute approximate surface area is 78.0 Å². The Morgan fingerprint density at radius 3 is 2.75 bits per heavy atom. The first-order valence-corrected chi connectivity index (χ1v) is 5.63. The first-order chi connectivity index (χ1) is 5.95. The normalized spacial score (nSPS) is 19.7. The minimum Gasteiger partial charge on any atom is -0.299 e. The molecule has 1 aliphatic heterocycles. The van der Waals surface area contributed by atoms with Crippen molar-refractivity contribution in [2.75, 3.05) is 13.1 Å². The smallest absolute Gasteiger partial charge is 0.0241 e. The molecule has 0 unspecified atom stereocenters. The van der Waals surface area contributed by atoms with Gasteiger partial charge in [0.15, 0.2) is 0 Å². The van der Waals surface area contributed by atoms with Gasteiger partial charge in [-0.2, -0.15) is 11.3 Å². The Bertz CT molecular complexity index is 212. The molecule has 0 bridgehead atoms. The molecular formula is C10H15NS. The summed E-state index contributed by atoms with van der Waals surface area (Å²) in [5, 5.41) is 4.42. The number of nitrogens with zero attached hydrogens (tertiary/aromatic N) is 1. The summed E-state index contributed by atoms with van der Waals surface area (Å²) in [5.74, 6) is 0. The molecule has 1 aromatic rings. The van der Waals surface area contributed by atoms with Gasteiger partial charge in [0, 0.05) is 6.54 Å². The highest BCUT2D eigenvalue weighted by molar-refractivity contribution is 7.07. The van der Waals surface area contributed by atoms with Gasteiger partial charge in [-0.25, -0.2) is 0 Å². The zero-order chi connectivity index (χ0) is 8.23. The van der Waals surface area contributed by atoms with Crippen molar-refractivity contribution in [2.24, 2.45) is 0 Å². The van der Waals surface area contributed by atoms with Gasteiger partial charge < -0.3 is 0 Å². The van der Waals surface area contributed by atoms with E-state index in [1.54, 1.807) is 11.3 Å². The third-order valence-corrected chi connectivity index (χ3v) is 3.17. The van der Waals surface area contributed by atoms with E-state index in [1.807, 2.05) is 0 Å². The molecule has 0 N–H and O–H groups in total. The molecule has 0 spiro atoms. The maximum atomic E-state index is 2.56. The zero-order valence-electron chi connectivity index (χ0n) is 7.33. The Hall–Kier alpha value is -0.340. The van der Waals surface area contributed by atoms with E-state index in [2.05, 4.69) is 21.7 Å². The van der Waals surface area contributed by atoms with Crippen molar-refractivity contribution in [3.05, 3.63) is 22.4 Å². The summed E-state index contributed by atoms with van der Waals surface area (Å²) in [6.07, 6.45) is 4.22. The van der Waals surface area contributed by atoms with Gasteiger partial charge in [-0.05, 0) is 48.3 Å². The minimum absolute atomic E-state index is 1.17. The Morgan fingerprint density at radius 1 is 1.25 bits per heavy atom. The fraction of sp³-hybridized carbons (Fsp3) is 0.600. The summed E-state index contributed by atoms with van der Waals surface area (Å²) >= 11 is 1.80. The van der Waals surface area contributed by atoms with Gasteiger partial charge in [0.2, 0.25) is 0 Å². The molecule has 12 heavy (non-hydrogen) atoms. The number of hydrogen-bond donors (Lipinski definition) is 0. The van der Waals surface area contributed by atoms with Crippen LogP contribution < -0.4 is 0 Å². The van der Waals surface area contributed by atoms with E-state index < -0.39 is 0 Å². The standard InChI is InChI=1S/C10H15NS/c1-2-5-11(6-3-1)8-10-4-7-12-9-10/h4,7,9H,1-3,5-6,8H2. The van der Waals surface area contributed by atoms with Gasteiger partial charge in [0.25, 0.3) is 0 Å². The van der Waals surface area contributed by atoms with Crippen molar-refractivity contribution in [3.8, 4) is 0 Å². The molecule has 1 aromatic heterocycles. The molecule has 2 heteroatoms. The molecule has 1 nitrogen and oxygen atoms in total. The first-order valence-electron chi connectivity index (χ1n) is 4.68. The van der Waals surface area contributed by atoms with Gasteiger partial charge in [0.1, 0.15) is 0 Å². The fourth-order valence-electron chi connectivity index (χ4n) is 1.76. The molecule has 66 valence electrons. The van der Waals surface area contributed by atoms with E-state index >= 15 is 0 Å². The van der Waals surface area contributed by atoms with Crippen LogP contribution in [0.5, 0.6) is 0 Å². The minimum atomic E-state index is 1.17. The van der Waals surface area contributed by atoms with Crippen LogP contribution in [-0.2, 0) is 6.54 Å². The molecule has 0 radical (unpaired) electrons. The predicted octanol–water partition coefficient (Wildman–Crippen LogP) is 2.73. The summed E-state index contributed by atoms with van der Waals surface area (Å²) < 4.78 is 0. The number of likely N-dealkylation sites (tertiary alicyclic amines) is 1. The lowest BCUT2D eigenvalue weighted by molar-refractivity contribution is 0.221. The van der Waals surface area contributed by atoms with Crippen molar-refractivity contribution in [1.82, 2.24) is 4.90 Å². The topological polar surface area (TPSA) is 3.24 Å². The van der Waals surface area contributed by atoms with Crippen LogP contribution in [0.25, 0.3) is 0 Å². The van der Waals surface area contributed by atoms with E-state index in [1.165, 1.54) is 44.5 Å². The molecule has 1 saturated heterocycles. The van der Waals surface area contributed by atoms with Crippen molar-refractivity contribution >= 4 is 11.3 Å². The second-order valence-electron chi connectivity index (χ2n) is 3.47. The van der Waals surface area contributed by atoms with Crippen molar-refractivity contribution < 1.29 is 0 Å². The van der Waals surface area contributed by atoms with E-state index in [0.717, 1.165) is 0 Å². The molecule has 0 atom stereocenters. The van der Waals surface area contributed by atoms with Crippen molar-refractivity contribution in [3.63, 3.8) is 0 Å². The number of rotatable bonds is 2. The van der Waals surface area contributed by atoms with E-state index in [9.17, 15) is 0 Å². The average molecular weight is 181 g/mol. The van der Waals surface area contributed by atoms with E-state index in [-0.39, 0.29) is 0 Å². The lowest BCUT2D eigenvalue weighted by atomic mass is 10.1. The molecular weight excluding hydrogens is 166 g/mol. The van der Waals surface area contributed by atoms with Gasteiger partial charge >= 0.3 is 0 Å². The van der Waals surface area contributed by atoms with Gasteiger partial charge in [-0.15, -0.1) is 0 Å². The van der Waals surface area contributed by atoms with Crippen LogP contribution in [0.4, 0.5) is 0 Å². The second-order valence-corrected chi connectivity index (χ2v) is 4.25. The van der Waals surface area contributed by atoms with Crippen LogP contribution in [0, 0.1) is 0 Å². The number of piperidine rings is 1. The summed E-state index contributed by atoms with van der Waals surface area (Å²) in [6, 6.07) is 2.24. The monoisotopic (exact) mass is 181 g/mol. The van der Waals surface area contributed by atoms with Gasteiger partial charge in [-0.3, -0.25) is 4.90 Å². The largest absolute Gasteiger partial charge is 0.299 e. The first kappa shape index (κ1) is 8.27. The highest BCUT2D eigenvalue weighted by Gasteiger charge is 2.09. The summed E-state index contributed by atoms with van der Waals surface area (Å²) in [6.45, 7) is 3.77. The Morgan fingerprint density at radius 2 is 2.08 bits per heavy atom. The molecule has 0 saturated carbocycles. The van der Waals surface area contributed by atoms with Crippen LogP contribution in [0.1, 0.15) is 24.8 Å². The maximum absolute atomic E-state index is 2.56. The predicted molar refractivity (Wildman–Crippen MR) is 53.4 cm³/mol. The Balaban J connectivity index is 1.86. The lowest BCUT2D eigenvalue weighted by Crippen LogP contribution is -2.28. The number of hydrogen-bond acceptors (Lipinski definition) is 2. The molecule has 0 aromatic carbocycles. The van der Waals surface area contributed by atoms with Crippen molar-refractivity contribution in [2.45, 2.75) is 25.8 Å². The van der Waals surface area contributed by atoms with Crippen LogP contribution in [-0.4, -0.2) is 18.0 Å². The zero-order valence-corrected chi connectivity index (χ0v) is 8.15. The highest BCUT2D eigenvalue weighted by atomic mass is 32.1. The van der Waals surface area contributed by atoms with Crippen LogP contribution >= 0.6 is 11.3 Å². The summed E-state index contributed by atoms with van der Waals surface area (Å²) in [7, 11) is 0. The van der Waals surface area contributed by atoms with Crippen LogP contribution in [0.15, 0.2) is 16.8 Å². The van der Waals surface area contributed by atoms with Crippen LogP contribution in [0.2, 0.25) is 0 Å². The second kappa shape index (κ2) is 4.06. The lowest BCUT2D eigenvalue weighted by Gasteiger charge is -2.25. The molecule has 2 heterocycles. The summed E-state index contributed by atoms with van der Waals surface area (Å²) in [4.78, 5) is 2.56. The third kappa shape index (κ3) is 2.08. The molecule has 1 fully saturated rings. The molecule has 0 amide bonds. The molecule has 2 rings (SSSR count). The average Bonchev–Trinajstić information content (AvgIpc) is 2.59. The molecule has 1 aliphatic rings. The Kier molecular flexibility index (Phi) is 2.79. The SMILES string of the molecule is c1cc(CN2CCCCC2)cs1. The van der Waals surface area contributed by atoms with E-state index in [0.29, 0.717) is 0 Å². The highest BCUT2D eigenvalue weighted by Crippen LogP contribution is 2.14. The number of thiophene rings is 1.